The standard InChI is InChI=1S/C18H19NO2/c20-17-18-10-14-7-8-15(18)16(21-14)9-6-12(18)11-19(17)13-4-2-1-3-5-13/h1-5,7-8,12,14-16H,6,9-11H2/t12-,14?,15+,16-,18+/m1/s1. The molecular weight excluding hydrogens is 262 g/mol. The largest absolute Gasteiger partial charge is 0.370 e. The quantitative estimate of drug-likeness (QED) is 0.741. The van der Waals surface area contributed by atoms with Gasteiger partial charge < -0.3 is 9.64 Å². The van der Waals surface area contributed by atoms with E-state index >= 15 is 0 Å². The van der Waals surface area contributed by atoms with E-state index in [1.54, 1.807) is 0 Å². The molecule has 1 unspecified atom stereocenters. The summed E-state index contributed by atoms with van der Waals surface area (Å²) in [5.41, 5.74) is 0.866. The van der Waals surface area contributed by atoms with Gasteiger partial charge in [-0.2, -0.15) is 0 Å². The van der Waals surface area contributed by atoms with Gasteiger partial charge in [-0.25, -0.2) is 0 Å². The van der Waals surface area contributed by atoms with Gasteiger partial charge >= 0.3 is 0 Å². The normalized spacial score (nSPS) is 43.2. The summed E-state index contributed by atoms with van der Waals surface area (Å²) < 4.78 is 6.09. The van der Waals surface area contributed by atoms with Crippen LogP contribution in [0.5, 0.6) is 0 Å². The number of nitrogens with zero attached hydrogens (tertiary/aromatic N) is 1. The third-order valence-electron chi connectivity index (χ3n) is 6.06. The van der Waals surface area contributed by atoms with Gasteiger partial charge in [-0.1, -0.05) is 30.4 Å². The average Bonchev–Trinajstić information content (AvgIpc) is 2.80. The fourth-order valence-corrected chi connectivity index (χ4v) is 5.16. The van der Waals surface area contributed by atoms with Gasteiger partial charge in [-0.3, -0.25) is 4.79 Å². The van der Waals surface area contributed by atoms with Gasteiger partial charge in [0.1, 0.15) is 0 Å². The maximum Gasteiger partial charge on any atom is 0.234 e. The first kappa shape index (κ1) is 12.0. The van der Waals surface area contributed by atoms with Crippen LogP contribution in [-0.2, 0) is 9.53 Å². The van der Waals surface area contributed by atoms with Crippen molar-refractivity contribution >= 4 is 11.6 Å². The molecule has 1 amide bonds. The number of amides is 1. The Bertz CT molecular complexity index is 625. The summed E-state index contributed by atoms with van der Waals surface area (Å²) in [6, 6.07) is 10.1. The van der Waals surface area contributed by atoms with Gasteiger partial charge in [0.15, 0.2) is 0 Å². The van der Waals surface area contributed by atoms with E-state index in [1.165, 1.54) is 0 Å². The van der Waals surface area contributed by atoms with Gasteiger partial charge in [-0.05, 0) is 37.3 Å². The minimum atomic E-state index is -0.184. The number of ether oxygens (including phenoxy) is 1. The van der Waals surface area contributed by atoms with Crippen LogP contribution in [0.4, 0.5) is 5.69 Å². The van der Waals surface area contributed by atoms with Crippen LogP contribution in [-0.4, -0.2) is 24.7 Å². The van der Waals surface area contributed by atoms with Crippen molar-refractivity contribution in [3.8, 4) is 0 Å². The molecule has 5 atom stereocenters. The van der Waals surface area contributed by atoms with Crippen molar-refractivity contribution in [3.63, 3.8) is 0 Å². The molecule has 6 rings (SSSR count). The van der Waals surface area contributed by atoms with Crippen LogP contribution in [0.1, 0.15) is 19.3 Å². The molecule has 3 aliphatic heterocycles. The first-order valence-corrected chi connectivity index (χ1v) is 8.00. The summed E-state index contributed by atoms with van der Waals surface area (Å²) in [7, 11) is 0. The molecule has 0 radical (unpaired) electrons. The van der Waals surface area contributed by atoms with Gasteiger partial charge in [0, 0.05) is 18.2 Å². The zero-order valence-corrected chi connectivity index (χ0v) is 11.9. The summed E-state index contributed by atoms with van der Waals surface area (Å²) in [6.45, 7) is 0.882. The second-order valence-corrected chi connectivity index (χ2v) is 6.89. The van der Waals surface area contributed by atoms with E-state index in [9.17, 15) is 4.79 Å². The Kier molecular flexibility index (Phi) is 2.27. The van der Waals surface area contributed by atoms with Crippen molar-refractivity contribution in [2.24, 2.45) is 17.3 Å². The molecule has 1 saturated carbocycles. The van der Waals surface area contributed by atoms with E-state index in [0.717, 1.165) is 31.5 Å². The highest BCUT2D eigenvalue weighted by atomic mass is 16.5. The molecule has 3 heteroatoms. The van der Waals surface area contributed by atoms with Crippen LogP contribution in [0.25, 0.3) is 0 Å². The second kappa shape index (κ2) is 3.98. The SMILES string of the molecule is O=C1N(c2ccccc2)C[C@H]2CC[C@H]3OC4C=C[C@@H]3[C@@]12C4. The lowest BCUT2D eigenvalue weighted by Gasteiger charge is -2.54. The van der Waals surface area contributed by atoms with Crippen LogP contribution in [0, 0.1) is 17.3 Å². The Morgan fingerprint density at radius 3 is 2.81 bits per heavy atom. The van der Waals surface area contributed by atoms with Gasteiger partial charge in [0.2, 0.25) is 5.91 Å². The molecule has 4 bridgehead atoms. The molecule has 1 spiro atoms. The van der Waals surface area contributed by atoms with Crippen molar-refractivity contribution in [2.45, 2.75) is 31.5 Å². The number of anilines is 1. The topological polar surface area (TPSA) is 29.5 Å². The summed E-state index contributed by atoms with van der Waals surface area (Å²) in [6.07, 6.45) is 7.99. The monoisotopic (exact) mass is 281 g/mol. The Labute approximate surface area is 124 Å². The van der Waals surface area contributed by atoms with E-state index in [-0.39, 0.29) is 17.6 Å². The van der Waals surface area contributed by atoms with Gasteiger partial charge in [0.25, 0.3) is 0 Å². The zero-order chi connectivity index (χ0) is 14.0. The Morgan fingerprint density at radius 2 is 2.00 bits per heavy atom. The summed E-state index contributed by atoms with van der Waals surface area (Å²) in [4.78, 5) is 15.3. The van der Waals surface area contributed by atoms with E-state index < -0.39 is 0 Å². The molecule has 1 aromatic carbocycles. The average molecular weight is 281 g/mol. The maximum absolute atomic E-state index is 13.3. The molecule has 5 aliphatic rings. The van der Waals surface area contributed by atoms with Gasteiger partial charge in [0.05, 0.1) is 17.6 Å². The highest BCUT2D eigenvalue weighted by Crippen LogP contribution is 2.60. The number of benzene rings is 1. The third kappa shape index (κ3) is 1.40. The predicted molar refractivity (Wildman–Crippen MR) is 79.9 cm³/mol. The number of rotatable bonds is 1. The van der Waals surface area contributed by atoms with Crippen molar-refractivity contribution in [1.82, 2.24) is 0 Å². The second-order valence-electron chi connectivity index (χ2n) is 6.89. The number of carbonyl (C=O) groups is 1. The number of carbonyl (C=O) groups excluding carboxylic acids is 1. The fraction of sp³-hybridized carbons (Fsp3) is 0.500. The minimum absolute atomic E-state index is 0.155. The Hall–Kier alpha value is -1.61. The summed E-state index contributed by atoms with van der Waals surface area (Å²) in [5.74, 6) is 1.12. The molecule has 0 N–H and O–H groups in total. The van der Waals surface area contributed by atoms with Crippen LogP contribution in [0.3, 0.4) is 0 Å². The highest BCUT2D eigenvalue weighted by molar-refractivity contribution is 6.01. The molecule has 3 fully saturated rings. The van der Waals surface area contributed by atoms with E-state index in [4.69, 9.17) is 4.74 Å². The van der Waals surface area contributed by atoms with Crippen molar-refractivity contribution < 1.29 is 9.53 Å². The molecule has 108 valence electrons. The highest BCUT2D eigenvalue weighted by Gasteiger charge is 2.65. The van der Waals surface area contributed by atoms with E-state index in [2.05, 4.69) is 24.3 Å². The molecule has 0 aromatic heterocycles. The van der Waals surface area contributed by atoms with Gasteiger partial charge in [-0.15, -0.1) is 0 Å². The maximum atomic E-state index is 13.3. The molecular formula is C18H19NO2. The minimum Gasteiger partial charge on any atom is -0.370 e. The number of hydrogen-bond donors (Lipinski definition) is 0. The van der Waals surface area contributed by atoms with Crippen LogP contribution < -0.4 is 4.90 Å². The van der Waals surface area contributed by atoms with Crippen LogP contribution in [0.15, 0.2) is 42.5 Å². The van der Waals surface area contributed by atoms with E-state index in [0.29, 0.717) is 17.7 Å². The van der Waals surface area contributed by atoms with Crippen molar-refractivity contribution in [1.29, 1.82) is 0 Å². The summed E-state index contributed by atoms with van der Waals surface area (Å²) in [5, 5.41) is 0. The molecule has 3 heterocycles. The lowest BCUT2D eigenvalue weighted by molar-refractivity contribution is -0.175. The molecule has 2 aliphatic carbocycles. The summed E-state index contributed by atoms with van der Waals surface area (Å²) >= 11 is 0. The zero-order valence-electron chi connectivity index (χ0n) is 11.9. The molecule has 21 heavy (non-hydrogen) atoms. The molecule has 1 aromatic rings. The van der Waals surface area contributed by atoms with Crippen LogP contribution >= 0.6 is 0 Å². The predicted octanol–water partition coefficient (Wildman–Crippen LogP) is 2.77. The lowest BCUT2D eigenvalue weighted by Crippen LogP contribution is -2.58. The Morgan fingerprint density at radius 1 is 1.14 bits per heavy atom. The lowest BCUT2D eigenvalue weighted by atomic mass is 9.54. The van der Waals surface area contributed by atoms with Crippen molar-refractivity contribution in [2.75, 3.05) is 11.4 Å². The molecule has 3 nitrogen and oxygen atoms in total. The smallest absolute Gasteiger partial charge is 0.234 e. The first-order valence-electron chi connectivity index (χ1n) is 8.00. The first-order chi connectivity index (χ1) is 10.3. The van der Waals surface area contributed by atoms with Crippen LogP contribution in [0.2, 0.25) is 0 Å². The number of hydrogen-bond acceptors (Lipinski definition) is 2. The third-order valence-corrected chi connectivity index (χ3v) is 6.06. The molecule has 2 saturated heterocycles. The van der Waals surface area contributed by atoms with E-state index in [1.807, 2.05) is 23.1 Å². The Balaban J connectivity index is 1.60. The fourth-order valence-electron chi connectivity index (χ4n) is 5.16. The number of para-hydroxylation sites is 1. The van der Waals surface area contributed by atoms with Crippen molar-refractivity contribution in [3.05, 3.63) is 42.5 Å².